The highest BCUT2D eigenvalue weighted by atomic mass is 16.6. The molecule has 416 valence electrons. The Kier molecular flexibility index (Phi) is 56.6. The first kappa shape index (κ1) is 69.5. The molecule has 0 radical (unpaired) electrons. The standard InChI is InChI=1S/C69H104O6/c1-4-7-10-13-16-19-22-25-27-29-30-31-32-33-34-35-36-37-38-40-41-44-47-50-53-56-59-62-68(71)74-65-66(64-73-67(70)61-58-55-52-49-46-43-24-21-18-15-12-9-6-3)75-69(72)63-60-57-54-51-48-45-42-39-28-26-23-20-17-14-11-8-5-2/h7-12,16-21,25-28,30-31,33-34,36-37,40-43,45-47,50,66H,4-6,13-15,22-24,29,32,35,38-39,44,48-49,51-65H2,1-3H3/b10-7-,11-8-,12-9-,19-16-,20-17-,21-18-,27-25-,28-26-,31-30-,34-33-,37-36-,41-40-,45-42-,46-43-,50-47-. The van der Waals surface area contributed by atoms with Crippen LogP contribution in [0.4, 0.5) is 0 Å². The van der Waals surface area contributed by atoms with Crippen molar-refractivity contribution in [2.24, 2.45) is 0 Å². The van der Waals surface area contributed by atoms with Crippen molar-refractivity contribution in [3.8, 4) is 0 Å². The number of ether oxygens (including phenoxy) is 3. The Morgan fingerprint density at radius 3 is 0.773 bits per heavy atom. The van der Waals surface area contributed by atoms with Gasteiger partial charge < -0.3 is 14.2 Å². The molecule has 0 aromatic rings. The molecule has 0 rings (SSSR count). The molecule has 1 unspecified atom stereocenters. The molecule has 1 atom stereocenters. The van der Waals surface area contributed by atoms with Crippen molar-refractivity contribution in [1.29, 1.82) is 0 Å². The summed E-state index contributed by atoms with van der Waals surface area (Å²) in [6, 6.07) is 0. The Morgan fingerprint density at radius 2 is 0.480 bits per heavy atom. The molecule has 0 saturated heterocycles. The van der Waals surface area contributed by atoms with Gasteiger partial charge in [-0.3, -0.25) is 14.4 Å². The Labute approximate surface area is 459 Å². The van der Waals surface area contributed by atoms with Crippen LogP contribution in [0.1, 0.15) is 213 Å². The van der Waals surface area contributed by atoms with Gasteiger partial charge in [0.2, 0.25) is 0 Å². The fraction of sp³-hybridized carbons (Fsp3) is 0.522. The smallest absolute Gasteiger partial charge is 0.306 e. The van der Waals surface area contributed by atoms with Crippen molar-refractivity contribution in [1.82, 2.24) is 0 Å². The van der Waals surface area contributed by atoms with Crippen LogP contribution in [0, 0.1) is 0 Å². The van der Waals surface area contributed by atoms with Crippen molar-refractivity contribution >= 4 is 17.9 Å². The van der Waals surface area contributed by atoms with Gasteiger partial charge >= 0.3 is 17.9 Å². The molecular formula is C69H104O6. The van der Waals surface area contributed by atoms with Gasteiger partial charge in [0.05, 0.1) is 0 Å². The molecule has 0 N–H and O–H groups in total. The Morgan fingerprint density at radius 1 is 0.267 bits per heavy atom. The molecule has 0 amide bonds. The third-order valence-electron chi connectivity index (χ3n) is 11.4. The average molecular weight is 1030 g/mol. The number of esters is 3. The highest BCUT2D eigenvalue weighted by molar-refractivity contribution is 5.71. The zero-order valence-corrected chi connectivity index (χ0v) is 47.5. The van der Waals surface area contributed by atoms with E-state index in [1.54, 1.807) is 0 Å². The van der Waals surface area contributed by atoms with Gasteiger partial charge in [-0.2, -0.15) is 0 Å². The van der Waals surface area contributed by atoms with Gasteiger partial charge in [0.15, 0.2) is 6.10 Å². The Hall–Kier alpha value is -5.49. The first-order chi connectivity index (χ1) is 37.0. The van der Waals surface area contributed by atoms with Crippen LogP contribution in [-0.2, 0) is 28.6 Å². The molecule has 0 spiro atoms. The van der Waals surface area contributed by atoms with Crippen LogP contribution in [0.25, 0.3) is 0 Å². The highest BCUT2D eigenvalue weighted by Crippen LogP contribution is 2.11. The number of unbranched alkanes of at least 4 members (excludes halogenated alkanes) is 9. The summed E-state index contributed by atoms with van der Waals surface area (Å²) in [6.07, 6.45) is 91.8. The first-order valence-electron chi connectivity index (χ1n) is 29.3. The lowest BCUT2D eigenvalue weighted by Crippen LogP contribution is -2.30. The van der Waals surface area contributed by atoms with E-state index in [1.807, 2.05) is 0 Å². The molecule has 0 heterocycles. The van der Waals surface area contributed by atoms with Crippen LogP contribution in [0.2, 0.25) is 0 Å². The van der Waals surface area contributed by atoms with Crippen LogP contribution in [-0.4, -0.2) is 37.2 Å². The summed E-state index contributed by atoms with van der Waals surface area (Å²) in [5, 5.41) is 0. The molecule has 0 bridgehead atoms. The van der Waals surface area contributed by atoms with E-state index in [9.17, 15) is 14.4 Å². The monoisotopic (exact) mass is 1030 g/mol. The summed E-state index contributed by atoms with van der Waals surface area (Å²) in [5.74, 6) is -1.04. The van der Waals surface area contributed by atoms with Gasteiger partial charge in [0.1, 0.15) is 13.2 Å². The summed E-state index contributed by atoms with van der Waals surface area (Å²) >= 11 is 0. The summed E-state index contributed by atoms with van der Waals surface area (Å²) in [4.78, 5) is 38.2. The van der Waals surface area contributed by atoms with Crippen molar-refractivity contribution in [3.63, 3.8) is 0 Å². The maximum Gasteiger partial charge on any atom is 0.306 e. The van der Waals surface area contributed by atoms with E-state index in [-0.39, 0.29) is 44.0 Å². The lowest BCUT2D eigenvalue weighted by atomic mass is 10.1. The van der Waals surface area contributed by atoms with Crippen molar-refractivity contribution < 1.29 is 28.6 Å². The van der Waals surface area contributed by atoms with E-state index in [0.717, 1.165) is 167 Å². The normalized spacial score (nSPS) is 13.5. The third-order valence-corrected chi connectivity index (χ3v) is 11.4. The number of allylic oxidation sites excluding steroid dienone is 30. The summed E-state index contributed by atoms with van der Waals surface area (Å²) in [5.41, 5.74) is 0. The van der Waals surface area contributed by atoms with Gasteiger partial charge in [-0.25, -0.2) is 0 Å². The molecule has 75 heavy (non-hydrogen) atoms. The number of hydrogen-bond donors (Lipinski definition) is 0. The number of carbonyl (C=O) groups is 3. The highest BCUT2D eigenvalue weighted by Gasteiger charge is 2.19. The fourth-order valence-corrected chi connectivity index (χ4v) is 7.11. The van der Waals surface area contributed by atoms with E-state index in [0.29, 0.717) is 12.8 Å². The van der Waals surface area contributed by atoms with E-state index in [4.69, 9.17) is 14.2 Å². The quantitative estimate of drug-likeness (QED) is 0.0261. The van der Waals surface area contributed by atoms with Crippen LogP contribution in [0.15, 0.2) is 182 Å². The number of rotatable bonds is 50. The number of hydrogen-bond acceptors (Lipinski definition) is 6. The Bertz CT molecular complexity index is 1800. The van der Waals surface area contributed by atoms with E-state index in [1.165, 1.54) is 0 Å². The third kappa shape index (κ3) is 59.3. The maximum atomic E-state index is 12.9. The lowest BCUT2D eigenvalue weighted by Gasteiger charge is -2.18. The summed E-state index contributed by atoms with van der Waals surface area (Å²) in [7, 11) is 0. The second-order valence-corrected chi connectivity index (χ2v) is 18.4. The topological polar surface area (TPSA) is 78.9 Å². The second-order valence-electron chi connectivity index (χ2n) is 18.4. The second kappa shape index (κ2) is 61.1. The van der Waals surface area contributed by atoms with Crippen LogP contribution in [0.5, 0.6) is 0 Å². The van der Waals surface area contributed by atoms with Gasteiger partial charge in [0, 0.05) is 19.3 Å². The minimum absolute atomic E-state index is 0.127. The zero-order valence-electron chi connectivity index (χ0n) is 47.5. The average Bonchev–Trinajstić information content (AvgIpc) is 3.41. The summed E-state index contributed by atoms with van der Waals surface area (Å²) in [6.45, 7) is 6.19. The molecule has 0 aromatic carbocycles. The van der Waals surface area contributed by atoms with Crippen molar-refractivity contribution in [3.05, 3.63) is 182 Å². The predicted octanol–water partition coefficient (Wildman–Crippen LogP) is 20.1. The van der Waals surface area contributed by atoms with Gasteiger partial charge in [-0.05, 0) is 154 Å². The molecule has 0 aliphatic carbocycles. The minimum atomic E-state index is -0.833. The van der Waals surface area contributed by atoms with Crippen LogP contribution >= 0.6 is 0 Å². The van der Waals surface area contributed by atoms with E-state index < -0.39 is 6.10 Å². The van der Waals surface area contributed by atoms with Crippen molar-refractivity contribution in [2.75, 3.05) is 13.2 Å². The molecule has 6 heteroatoms. The number of carbonyl (C=O) groups excluding carboxylic acids is 3. The van der Waals surface area contributed by atoms with Crippen LogP contribution in [0.3, 0.4) is 0 Å². The maximum absolute atomic E-state index is 12.9. The van der Waals surface area contributed by atoms with E-state index >= 15 is 0 Å². The molecule has 0 saturated carbocycles. The van der Waals surface area contributed by atoms with Crippen LogP contribution < -0.4 is 0 Å². The fourth-order valence-electron chi connectivity index (χ4n) is 7.11. The van der Waals surface area contributed by atoms with Gasteiger partial charge in [-0.1, -0.05) is 222 Å². The van der Waals surface area contributed by atoms with Gasteiger partial charge in [0.25, 0.3) is 0 Å². The van der Waals surface area contributed by atoms with Gasteiger partial charge in [-0.15, -0.1) is 0 Å². The minimum Gasteiger partial charge on any atom is -0.462 e. The lowest BCUT2D eigenvalue weighted by molar-refractivity contribution is -0.167. The first-order valence-corrected chi connectivity index (χ1v) is 29.3. The van der Waals surface area contributed by atoms with Crippen molar-refractivity contribution in [2.45, 2.75) is 219 Å². The summed E-state index contributed by atoms with van der Waals surface area (Å²) < 4.78 is 16.8. The zero-order chi connectivity index (χ0) is 54.3. The molecule has 0 aromatic heterocycles. The van der Waals surface area contributed by atoms with E-state index in [2.05, 4.69) is 203 Å². The molecule has 6 nitrogen and oxygen atoms in total. The molecule has 0 aliphatic heterocycles. The largest absolute Gasteiger partial charge is 0.462 e. The molecule has 0 aliphatic rings. The SMILES string of the molecule is CC/C=C\C/C=C\C/C=C\C/C=C\C/C=C\C/C=C\C/C=C\C/C=C\CCCCC(=O)OCC(COC(=O)CCCCC/C=C\C/C=C\C/C=C\CC)OC(=O)CCCCCC/C=C\C/C=C\C/C=C\C/C=C\CC. The molecule has 0 fully saturated rings. The predicted molar refractivity (Wildman–Crippen MR) is 324 cm³/mol. The molecular weight excluding hydrogens is 925 g/mol. The Balaban J connectivity index is 4.53.